The largest absolute Gasteiger partial charge is 0.477 e. The summed E-state index contributed by atoms with van der Waals surface area (Å²) in [4.78, 5) is 38.5. The highest BCUT2D eigenvalue weighted by Gasteiger charge is 2.60. The van der Waals surface area contributed by atoms with Crippen LogP contribution in [0.3, 0.4) is 0 Å². The number of ether oxygens (including phenoxy) is 6. The van der Waals surface area contributed by atoms with E-state index in [1.165, 1.54) is 167 Å². The van der Waals surface area contributed by atoms with Crippen LogP contribution in [0.2, 0.25) is 0 Å². The van der Waals surface area contributed by atoms with Gasteiger partial charge in [-0.1, -0.05) is 231 Å². The van der Waals surface area contributed by atoms with Crippen LogP contribution in [-0.2, 0) is 42.8 Å². The van der Waals surface area contributed by atoms with Crippen molar-refractivity contribution in [3.63, 3.8) is 0 Å². The number of nitrogens with one attached hydrogen (secondary N) is 2. The molecule has 3 aliphatic heterocycles. The van der Waals surface area contributed by atoms with E-state index in [0.717, 1.165) is 51.9 Å². The third-order valence-corrected chi connectivity index (χ3v) is 18.0. The number of allylic oxidation sites excluding steroid dienone is 1. The number of amides is 2. The van der Waals surface area contributed by atoms with Gasteiger partial charge in [-0.2, -0.15) is 0 Å². The molecule has 0 bridgehead atoms. The number of aliphatic carboxylic acids is 1. The van der Waals surface area contributed by atoms with Crippen LogP contribution in [0.25, 0.3) is 0 Å². The number of rotatable bonds is 53. The van der Waals surface area contributed by atoms with E-state index in [9.17, 15) is 75.7 Å². The van der Waals surface area contributed by atoms with Gasteiger partial charge in [0.2, 0.25) is 11.8 Å². The van der Waals surface area contributed by atoms with E-state index in [-0.39, 0.29) is 12.3 Å². The van der Waals surface area contributed by atoms with E-state index in [1.54, 1.807) is 6.08 Å². The minimum absolute atomic E-state index is 0.205. The van der Waals surface area contributed by atoms with E-state index in [2.05, 4.69) is 24.5 Å². The second-order valence-corrected chi connectivity index (χ2v) is 25.8. The lowest BCUT2D eigenvalue weighted by Crippen LogP contribution is -2.70. The number of carbonyl (C=O) groups is 3. The number of carboxylic acid groups (broad SMARTS) is 1. The lowest BCUT2D eigenvalue weighted by Gasteiger charge is -2.50. The summed E-state index contributed by atoms with van der Waals surface area (Å²) >= 11 is 0. The predicted octanol–water partition coefficient (Wildman–Crippen LogP) is 6.29. The Morgan fingerprint density at radius 1 is 0.578 bits per heavy atom. The molecule has 0 aromatic carbocycles. The number of aliphatic hydroxyl groups is 11. The third kappa shape index (κ3) is 30.5. The van der Waals surface area contributed by atoms with Gasteiger partial charge in [0.25, 0.3) is 5.79 Å². The van der Waals surface area contributed by atoms with Gasteiger partial charge in [0.15, 0.2) is 12.6 Å². The molecule has 3 heterocycles. The second-order valence-electron chi connectivity index (χ2n) is 25.8. The highest BCUT2D eigenvalue weighted by Crippen LogP contribution is 2.39. The molecular formula is C67H124N2O21. The molecule has 14 N–H and O–H groups in total. The minimum atomic E-state index is -3.08. The van der Waals surface area contributed by atoms with Gasteiger partial charge in [0.1, 0.15) is 67.1 Å². The summed E-state index contributed by atoms with van der Waals surface area (Å²) in [7, 11) is 0. The van der Waals surface area contributed by atoms with Crippen LogP contribution in [0.5, 0.6) is 0 Å². The van der Waals surface area contributed by atoms with Crippen molar-refractivity contribution in [2.75, 3.05) is 26.4 Å². The summed E-state index contributed by atoms with van der Waals surface area (Å²) in [5, 5.41) is 136. The van der Waals surface area contributed by atoms with Gasteiger partial charge < -0.3 is 100 Å². The maximum absolute atomic E-state index is 13.4. The molecule has 90 heavy (non-hydrogen) atoms. The summed E-state index contributed by atoms with van der Waals surface area (Å²) < 4.78 is 34.8. The van der Waals surface area contributed by atoms with E-state index in [0.29, 0.717) is 12.8 Å². The van der Waals surface area contributed by atoms with Crippen LogP contribution < -0.4 is 10.6 Å². The standard InChI is InChI=1S/C67H124N2O21/c1-4-6-8-10-12-14-16-18-19-20-21-22-23-24-25-26-27-29-31-33-35-37-39-41-54(77)69-48(49(74)40-38-36-34-32-30-28-17-15-13-11-9-7-5-2)46-85-64-59(81)58(80)61(53(45-72)87-64)88-65-60(82)63(57(79)52(44-71)86-65)90-67(66(83)84)42-50(75)55(68-47(3)73)62(89-67)56(78)51(76)43-70/h38,40,48-53,55-65,70-72,74-76,78-82H,4-37,39,41-46H2,1-3H3,(H,68,73)(H,69,77)(H,83,84)/t48-,49+,50-,51+,52+,53+,55+,56+,57-,58+,59?,60+,61+,62?,63-,64+,65-,67-/m0/s1. The van der Waals surface area contributed by atoms with Crippen molar-refractivity contribution in [1.82, 2.24) is 10.6 Å². The summed E-state index contributed by atoms with van der Waals surface area (Å²) in [6.45, 7) is 2.14. The number of unbranched alkanes of at least 4 members (excludes halogenated alkanes) is 33. The molecule has 2 amide bonds. The number of carbonyl (C=O) groups excluding carboxylic acids is 2. The first-order valence-corrected chi connectivity index (χ1v) is 35.1. The zero-order valence-corrected chi connectivity index (χ0v) is 55.0. The summed E-state index contributed by atoms with van der Waals surface area (Å²) in [5.41, 5.74) is 0. The van der Waals surface area contributed by atoms with Gasteiger partial charge in [-0.05, 0) is 19.3 Å². The van der Waals surface area contributed by atoms with Crippen LogP contribution in [0.1, 0.15) is 258 Å². The number of hydrogen-bond acceptors (Lipinski definition) is 20. The molecule has 3 aliphatic rings. The molecule has 0 aliphatic carbocycles. The number of carboxylic acids is 1. The molecule has 0 aromatic rings. The average molecular weight is 1290 g/mol. The molecular weight excluding hydrogens is 1170 g/mol. The minimum Gasteiger partial charge on any atom is -0.477 e. The maximum atomic E-state index is 13.4. The smallest absolute Gasteiger partial charge is 0.364 e. The second kappa shape index (κ2) is 48.2. The van der Waals surface area contributed by atoms with Crippen LogP contribution in [0.15, 0.2) is 12.2 Å². The Bertz CT molecular complexity index is 1870. The zero-order chi connectivity index (χ0) is 66.1. The molecule has 3 saturated heterocycles. The van der Waals surface area contributed by atoms with Crippen LogP contribution in [0, 0.1) is 0 Å². The molecule has 528 valence electrons. The Kier molecular flexibility index (Phi) is 43.8. The third-order valence-electron chi connectivity index (χ3n) is 18.0. The predicted molar refractivity (Wildman–Crippen MR) is 338 cm³/mol. The fourth-order valence-corrected chi connectivity index (χ4v) is 12.4. The molecule has 23 heteroatoms. The van der Waals surface area contributed by atoms with E-state index in [4.69, 9.17) is 28.4 Å². The lowest BCUT2D eigenvalue weighted by molar-refractivity contribution is -0.386. The first-order valence-electron chi connectivity index (χ1n) is 35.1. The van der Waals surface area contributed by atoms with Crippen molar-refractivity contribution < 1.29 is 104 Å². The number of hydrogen-bond donors (Lipinski definition) is 14. The fourth-order valence-electron chi connectivity index (χ4n) is 12.4. The van der Waals surface area contributed by atoms with Crippen molar-refractivity contribution in [2.24, 2.45) is 0 Å². The Morgan fingerprint density at radius 2 is 1.03 bits per heavy atom. The van der Waals surface area contributed by atoms with Gasteiger partial charge in [-0.15, -0.1) is 0 Å². The molecule has 18 atom stereocenters. The molecule has 0 aromatic heterocycles. The molecule has 0 saturated carbocycles. The normalized spacial score (nSPS) is 28.6. The Labute approximate surface area is 537 Å². The molecule has 3 rings (SSSR count). The highest BCUT2D eigenvalue weighted by atomic mass is 16.8. The van der Waals surface area contributed by atoms with E-state index in [1.807, 2.05) is 6.08 Å². The lowest BCUT2D eigenvalue weighted by atomic mass is 9.88. The molecule has 23 nitrogen and oxygen atoms in total. The van der Waals surface area contributed by atoms with Gasteiger partial charge in [-0.3, -0.25) is 9.59 Å². The van der Waals surface area contributed by atoms with Gasteiger partial charge in [0.05, 0.1) is 50.7 Å². The average Bonchev–Trinajstić information content (AvgIpc) is 0.821. The topological polar surface area (TPSA) is 373 Å². The van der Waals surface area contributed by atoms with Crippen LogP contribution in [0.4, 0.5) is 0 Å². The van der Waals surface area contributed by atoms with Crippen molar-refractivity contribution in [3.05, 3.63) is 12.2 Å². The van der Waals surface area contributed by atoms with E-state index >= 15 is 0 Å². The van der Waals surface area contributed by atoms with Gasteiger partial charge in [-0.25, -0.2) is 4.79 Å². The summed E-state index contributed by atoms with van der Waals surface area (Å²) in [5.74, 6) is -6.14. The quantitative estimate of drug-likeness (QED) is 0.0235. The first kappa shape index (κ1) is 81.7. The monoisotopic (exact) mass is 1290 g/mol. The Morgan fingerprint density at radius 3 is 1.48 bits per heavy atom. The zero-order valence-electron chi connectivity index (χ0n) is 55.0. The van der Waals surface area contributed by atoms with Crippen molar-refractivity contribution >= 4 is 17.8 Å². The van der Waals surface area contributed by atoms with Crippen molar-refractivity contribution in [3.8, 4) is 0 Å². The summed E-state index contributed by atoms with van der Waals surface area (Å²) in [6, 6.07) is -2.61. The van der Waals surface area contributed by atoms with Crippen LogP contribution in [-0.4, -0.2) is 215 Å². The van der Waals surface area contributed by atoms with Crippen molar-refractivity contribution in [2.45, 2.75) is 368 Å². The Hall–Kier alpha value is -2.53. The number of aliphatic hydroxyl groups excluding tert-OH is 11. The SMILES string of the molecule is CCCCCCCCCCCCCC=C[C@@H](O)[C@H](CO[C@@H]1O[C@H](CO)[C@@H](O[C@@H]2O[C@H](CO)[C@H](O)[C@H](O[C@]3(C(=O)O)C[C@H](O)[C@@H](NC(C)=O)C([C@H](O)[C@H](O)CO)O3)[C@H]2O)[C@H](O)C1O)NC(=O)CCCCCCCCCCCCCCCCCCCCCCCCC. The first-order chi connectivity index (χ1) is 43.4. The molecule has 0 radical (unpaired) electrons. The van der Waals surface area contributed by atoms with Crippen LogP contribution >= 0.6 is 0 Å². The van der Waals surface area contributed by atoms with Gasteiger partial charge in [0, 0.05) is 19.8 Å². The molecule has 0 spiro atoms. The highest BCUT2D eigenvalue weighted by molar-refractivity contribution is 5.77. The molecule has 2 unspecified atom stereocenters. The molecule has 3 fully saturated rings. The van der Waals surface area contributed by atoms with E-state index < -0.39 is 155 Å². The summed E-state index contributed by atoms with van der Waals surface area (Å²) in [6.07, 6.45) is 16.9. The Balaban J connectivity index is 1.57. The van der Waals surface area contributed by atoms with Crippen molar-refractivity contribution in [1.29, 1.82) is 0 Å². The fraction of sp³-hybridized carbons (Fsp3) is 0.925. The van der Waals surface area contributed by atoms with Gasteiger partial charge >= 0.3 is 5.97 Å². The maximum Gasteiger partial charge on any atom is 0.364 e.